The fraction of sp³-hybridized carbons (Fsp3) is 0.409. The number of likely N-dealkylation sites (tertiary alicyclic amines) is 1. The Labute approximate surface area is 169 Å². The van der Waals surface area contributed by atoms with Gasteiger partial charge >= 0.3 is 0 Å². The van der Waals surface area contributed by atoms with Crippen LogP contribution >= 0.6 is 0 Å². The van der Waals surface area contributed by atoms with Gasteiger partial charge in [0.1, 0.15) is 11.3 Å². The highest BCUT2D eigenvalue weighted by Gasteiger charge is 2.26. The molecule has 1 fully saturated rings. The number of benzene rings is 1. The Morgan fingerprint density at radius 3 is 2.66 bits per heavy atom. The number of fused-ring (bicyclic) bond motifs is 1. The summed E-state index contributed by atoms with van der Waals surface area (Å²) in [4.78, 5) is 26.8. The first-order chi connectivity index (χ1) is 14.0. The molecular formula is C22H25N3O4. The van der Waals surface area contributed by atoms with E-state index in [1.807, 2.05) is 43.0 Å². The van der Waals surface area contributed by atoms with Crippen LogP contribution in [0.2, 0.25) is 0 Å². The van der Waals surface area contributed by atoms with Gasteiger partial charge in [0.2, 0.25) is 5.91 Å². The summed E-state index contributed by atoms with van der Waals surface area (Å²) < 4.78 is 10.8. The summed E-state index contributed by atoms with van der Waals surface area (Å²) in [6.45, 7) is 5.61. The van der Waals surface area contributed by atoms with E-state index in [1.165, 1.54) is 0 Å². The molecule has 29 heavy (non-hydrogen) atoms. The van der Waals surface area contributed by atoms with Crippen molar-refractivity contribution >= 4 is 22.8 Å². The molecule has 0 radical (unpaired) electrons. The van der Waals surface area contributed by atoms with Crippen LogP contribution in [0.15, 0.2) is 39.3 Å². The zero-order chi connectivity index (χ0) is 20.4. The van der Waals surface area contributed by atoms with Gasteiger partial charge in [0.15, 0.2) is 5.76 Å². The van der Waals surface area contributed by atoms with E-state index in [1.54, 1.807) is 6.07 Å². The van der Waals surface area contributed by atoms with E-state index in [2.05, 4.69) is 10.5 Å². The van der Waals surface area contributed by atoms with Crippen LogP contribution < -0.4 is 5.32 Å². The number of hydrogen-bond acceptors (Lipinski definition) is 5. The SMILES string of the molecule is Cc1noc(C)c1CC(=O)NCC1CCN(C(=O)c2cc3ccccc3o2)CC1. The van der Waals surface area contributed by atoms with Gasteiger partial charge in [0.25, 0.3) is 5.91 Å². The Balaban J connectivity index is 1.26. The molecule has 4 rings (SSSR count). The second-order valence-corrected chi connectivity index (χ2v) is 7.67. The molecule has 0 bridgehead atoms. The van der Waals surface area contributed by atoms with Gasteiger partial charge in [-0.25, -0.2) is 0 Å². The minimum absolute atomic E-state index is 0.0276. The number of carbonyl (C=O) groups excluding carboxylic acids is 2. The molecule has 1 N–H and O–H groups in total. The first kappa shape index (κ1) is 19.2. The Morgan fingerprint density at radius 1 is 1.21 bits per heavy atom. The van der Waals surface area contributed by atoms with Crippen molar-refractivity contribution in [2.45, 2.75) is 33.1 Å². The van der Waals surface area contributed by atoms with Gasteiger partial charge < -0.3 is 19.2 Å². The van der Waals surface area contributed by atoms with E-state index >= 15 is 0 Å². The van der Waals surface area contributed by atoms with Crippen LogP contribution in [0.4, 0.5) is 0 Å². The molecule has 1 aromatic carbocycles. The normalized spacial score (nSPS) is 15.0. The number of hydrogen-bond donors (Lipinski definition) is 1. The molecule has 0 atom stereocenters. The highest BCUT2D eigenvalue weighted by atomic mass is 16.5. The molecule has 0 aliphatic carbocycles. The number of para-hydroxylation sites is 1. The summed E-state index contributed by atoms with van der Waals surface area (Å²) >= 11 is 0. The Morgan fingerprint density at radius 2 is 1.97 bits per heavy atom. The smallest absolute Gasteiger partial charge is 0.289 e. The van der Waals surface area contributed by atoms with Crippen molar-refractivity contribution in [2.75, 3.05) is 19.6 Å². The number of carbonyl (C=O) groups is 2. The highest BCUT2D eigenvalue weighted by molar-refractivity contribution is 5.96. The summed E-state index contributed by atoms with van der Waals surface area (Å²) in [5.41, 5.74) is 2.34. The minimum atomic E-state index is -0.0675. The third kappa shape index (κ3) is 4.18. The van der Waals surface area contributed by atoms with Crippen molar-refractivity contribution in [3.05, 3.63) is 53.1 Å². The van der Waals surface area contributed by atoms with E-state index in [0.717, 1.165) is 35.1 Å². The quantitative estimate of drug-likeness (QED) is 0.716. The summed E-state index contributed by atoms with van der Waals surface area (Å²) in [5.74, 6) is 1.35. The van der Waals surface area contributed by atoms with Crippen LogP contribution in [0.1, 0.15) is 40.4 Å². The van der Waals surface area contributed by atoms with Crippen LogP contribution in [0.25, 0.3) is 11.0 Å². The number of nitrogens with zero attached hydrogens (tertiary/aromatic N) is 2. The average molecular weight is 395 g/mol. The number of amides is 2. The molecule has 3 aromatic rings. The number of aromatic nitrogens is 1. The van der Waals surface area contributed by atoms with E-state index in [0.29, 0.717) is 37.1 Å². The summed E-state index contributed by atoms with van der Waals surface area (Å²) in [5, 5.41) is 7.83. The lowest BCUT2D eigenvalue weighted by Gasteiger charge is -2.31. The molecule has 2 amide bonds. The first-order valence-corrected chi connectivity index (χ1v) is 9.97. The van der Waals surface area contributed by atoms with Gasteiger partial charge in [-0.15, -0.1) is 0 Å². The van der Waals surface area contributed by atoms with Crippen LogP contribution in [0, 0.1) is 19.8 Å². The molecule has 0 unspecified atom stereocenters. The molecule has 1 saturated heterocycles. The maximum atomic E-state index is 12.7. The number of nitrogens with one attached hydrogen (secondary N) is 1. The number of aryl methyl sites for hydroxylation is 2. The fourth-order valence-corrected chi connectivity index (χ4v) is 3.82. The van der Waals surface area contributed by atoms with Crippen LogP contribution in [-0.4, -0.2) is 41.5 Å². The van der Waals surface area contributed by atoms with Crippen LogP contribution in [0.3, 0.4) is 0 Å². The summed E-state index contributed by atoms with van der Waals surface area (Å²) in [6.07, 6.45) is 2.00. The lowest BCUT2D eigenvalue weighted by atomic mass is 9.96. The number of furan rings is 1. The monoisotopic (exact) mass is 395 g/mol. The van der Waals surface area contributed by atoms with E-state index in [9.17, 15) is 9.59 Å². The van der Waals surface area contributed by atoms with Gasteiger partial charge in [-0.05, 0) is 44.7 Å². The second kappa shape index (κ2) is 8.11. The lowest BCUT2D eigenvalue weighted by Crippen LogP contribution is -2.41. The fourth-order valence-electron chi connectivity index (χ4n) is 3.82. The summed E-state index contributed by atoms with van der Waals surface area (Å²) in [7, 11) is 0. The van der Waals surface area contributed by atoms with Gasteiger partial charge in [-0.1, -0.05) is 23.4 Å². The van der Waals surface area contributed by atoms with Crippen molar-refractivity contribution in [3.8, 4) is 0 Å². The number of rotatable bonds is 5. The Kier molecular flexibility index (Phi) is 5.38. The largest absolute Gasteiger partial charge is 0.451 e. The average Bonchev–Trinajstić information content (AvgIpc) is 3.30. The molecular weight excluding hydrogens is 370 g/mol. The molecule has 7 nitrogen and oxygen atoms in total. The molecule has 2 aromatic heterocycles. The van der Waals surface area contributed by atoms with Gasteiger partial charge in [0, 0.05) is 30.6 Å². The summed E-state index contributed by atoms with van der Waals surface area (Å²) in [6, 6.07) is 9.43. The van der Waals surface area contributed by atoms with Gasteiger partial charge in [-0.3, -0.25) is 9.59 Å². The molecule has 152 valence electrons. The van der Waals surface area contributed by atoms with Gasteiger partial charge in [-0.2, -0.15) is 0 Å². The van der Waals surface area contributed by atoms with Crippen molar-refractivity contribution in [3.63, 3.8) is 0 Å². The lowest BCUT2D eigenvalue weighted by molar-refractivity contribution is -0.120. The highest BCUT2D eigenvalue weighted by Crippen LogP contribution is 2.23. The van der Waals surface area contributed by atoms with Crippen LogP contribution in [-0.2, 0) is 11.2 Å². The maximum absolute atomic E-state index is 12.7. The third-order valence-electron chi connectivity index (χ3n) is 5.64. The Hall–Kier alpha value is -3.09. The van der Waals surface area contributed by atoms with Crippen molar-refractivity contribution in [1.29, 1.82) is 0 Å². The van der Waals surface area contributed by atoms with E-state index in [4.69, 9.17) is 8.94 Å². The van der Waals surface area contributed by atoms with Crippen molar-refractivity contribution in [2.24, 2.45) is 5.92 Å². The van der Waals surface area contributed by atoms with E-state index in [-0.39, 0.29) is 18.2 Å². The Bertz CT molecular complexity index is 975. The molecule has 0 spiro atoms. The molecule has 0 saturated carbocycles. The molecule has 3 heterocycles. The zero-order valence-electron chi connectivity index (χ0n) is 16.7. The predicted octanol–water partition coefficient (Wildman–Crippen LogP) is 3.25. The molecule has 7 heteroatoms. The molecule has 1 aliphatic heterocycles. The van der Waals surface area contributed by atoms with E-state index < -0.39 is 0 Å². The van der Waals surface area contributed by atoms with Crippen molar-refractivity contribution in [1.82, 2.24) is 15.4 Å². The standard InChI is InChI=1S/C22H25N3O4/c1-14-18(15(2)29-24-14)12-21(26)23-13-16-7-9-25(10-8-16)22(27)20-11-17-5-3-4-6-19(17)28-20/h3-6,11,16H,7-10,12-13H2,1-2H3,(H,23,26). The predicted molar refractivity (Wildman–Crippen MR) is 108 cm³/mol. The number of piperidine rings is 1. The topological polar surface area (TPSA) is 88.6 Å². The third-order valence-corrected chi connectivity index (χ3v) is 5.64. The maximum Gasteiger partial charge on any atom is 0.289 e. The minimum Gasteiger partial charge on any atom is -0.451 e. The first-order valence-electron chi connectivity index (χ1n) is 9.97. The van der Waals surface area contributed by atoms with Crippen molar-refractivity contribution < 1.29 is 18.5 Å². The van der Waals surface area contributed by atoms with Gasteiger partial charge in [0.05, 0.1) is 12.1 Å². The van der Waals surface area contributed by atoms with Crippen LogP contribution in [0.5, 0.6) is 0 Å². The zero-order valence-corrected chi connectivity index (χ0v) is 16.7. The molecule has 1 aliphatic rings. The second-order valence-electron chi connectivity index (χ2n) is 7.67.